The molecule has 0 saturated carbocycles. The first-order chi connectivity index (χ1) is 12.4. The molecule has 0 saturated heterocycles. The van der Waals surface area contributed by atoms with Gasteiger partial charge in [0.25, 0.3) is 0 Å². The SMILES string of the molecule is CC(C)(C)c1cc(I)c2c(c1)C1Oc3c(I)cc(C(C)(C)C)cc3C(O2)O1. The van der Waals surface area contributed by atoms with Gasteiger partial charge in [-0.3, -0.25) is 4.74 Å². The summed E-state index contributed by atoms with van der Waals surface area (Å²) in [5, 5.41) is 0. The average molecular weight is 590 g/mol. The Balaban J connectivity index is 1.82. The fourth-order valence-corrected chi connectivity index (χ4v) is 4.90. The summed E-state index contributed by atoms with van der Waals surface area (Å²) in [6.07, 6.45) is -0.868. The Labute approximate surface area is 188 Å². The molecule has 2 atom stereocenters. The topological polar surface area (TPSA) is 27.7 Å². The van der Waals surface area contributed by atoms with Gasteiger partial charge in [0.1, 0.15) is 11.5 Å². The van der Waals surface area contributed by atoms with E-state index in [1.807, 2.05) is 0 Å². The second-order valence-corrected chi connectivity index (χ2v) is 11.6. The first-order valence-electron chi connectivity index (χ1n) is 9.12. The molecule has 27 heavy (non-hydrogen) atoms. The predicted octanol–water partition coefficient (Wildman–Crippen LogP) is 6.99. The highest BCUT2D eigenvalue weighted by molar-refractivity contribution is 14.1. The van der Waals surface area contributed by atoms with Crippen LogP contribution in [0.3, 0.4) is 0 Å². The van der Waals surface area contributed by atoms with Crippen LogP contribution in [0.4, 0.5) is 0 Å². The highest BCUT2D eigenvalue weighted by atomic mass is 127. The third-order valence-corrected chi connectivity index (χ3v) is 6.68. The van der Waals surface area contributed by atoms with Gasteiger partial charge in [-0.25, -0.2) is 0 Å². The lowest BCUT2D eigenvalue weighted by atomic mass is 9.85. The van der Waals surface area contributed by atoms with Crippen molar-refractivity contribution in [1.82, 2.24) is 0 Å². The molecule has 0 spiro atoms. The Morgan fingerprint density at radius 3 is 1.37 bits per heavy atom. The Bertz CT molecular complexity index is 847. The molecule has 144 valence electrons. The average Bonchev–Trinajstić information content (AvgIpc) is 2.54. The Hall–Kier alpha value is -0.540. The van der Waals surface area contributed by atoms with Crippen LogP contribution >= 0.6 is 45.2 Å². The molecule has 2 aliphatic rings. The molecule has 2 bridgehead atoms. The number of ether oxygens (including phenoxy) is 3. The van der Waals surface area contributed by atoms with Gasteiger partial charge >= 0.3 is 0 Å². The van der Waals surface area contributed by atoms with Crippen LogP contribution in [-0.2, 0) is 15.6 Å². The van der Waals surface area contributed by atoms with E-state index in [1.54, 1.807) is 0 Å². The van der Waals surface area contributed by atoms with E-state index in [1.165, 1.54) is 11.1 Å². The van der Waals surface area contributed by atoms with E-state index < -0.39 is 12.6 Å². The van der Waals surface area contributed by atoms with Crippen LogP contribution in [-0.4, -0.2) is 0 Å². The maximum absolute atomic E-state index is 6.34. The molecule has 2 heterocycles. The van der Waals surface area contributed by atoms with Gasteiger partial charge in [-0.05, 0) is 91.4 Å². The van der Waals surface area contributed by atoms with Crippen molar-refractivity contribution >= 4 is 45.2 Å². The number of hydrogen-bond donors (Lipinski definition) is 0. The number of halogens is 2. The zero-order valence-corrected chi connectivity index (χ0v) is 20.8. The van der Waals surface area contributed by atoms with Crippen LogP contribution in [0.1, 0.15) is 76.4 Å². The van der Waals surface area contributed by atoms with Crippen LogP contribution in [0.2, 0.25) is 0 Å². The zero-order chi connectivity index (χ0) is 19.7. The van der Waals surface area contributed by atoms with Crippen molar-refractivity contribution in [1.29, 1.82) is 0 Å². The summed E-state index contributed by atoms with van der Waals surface area (Å²) in [6, 6.07) is 8.74. The monoisotopic (exact) mass is 590 g/mol. The number of rotatable bonds is 0. The lowest BCUT2D eigenvalue weighted by molar-refractivity contribution is -0.228. The summed E-state index contributed by atoms with van der Waals surface area (Å²) in [6.45, 7) is 13.3. The third-order valence-electron chi connectivity index (χ3n) is 5.08. The van der Waals surface area contributed by atoms with Crippen molar-refractivity contribution in [2.24, 2.45) is 0 Å². The van der Waals surface area contributed by atoms with Gasteiger partial charge in [0.05, 0.1) is 18.3 Å². The van der Waals surface area contributed by atoms with E-state index in [4.69, 9.17) is 14.2 Å². The summed E-state index contributed by atoms with van der Waals surface area (Å²) >= 11 is 4.72. The van der Waals surface area contributed by atoms with E-state index in [-0.39, 0.29) is 10.8 Å². The summed E-state index contributed by atoms with van der Waals surface area (Å²) in [5.41, 5.74) is 4.56. The highest BCUT2D eigenvalue weighted by Crippen LogP contribution is 2.51. The van der Waals surface area contributed by atoms with Gasteiger partial charge in [0.2, 0.25) is 12.6 Å². The number of benzene rings is 2. The van der Waals surface area contributed by atoms with Crippen LogP contribution in [0.15, 0.2) is 24.3 Å². The van der Waals surface area contributed by atoms with Gasteiger partial charge in [-0.15, -0.1) is 0 Å². The standard InChI is InChI=1S/C22H24I2O3/c1-21(2,3)11-7-13-17(15(23)9-11)25-20-14-8-12(22(4,5)6)10-16(24)18(14)26-19(13)27-20/h7-10,19-20H,1-6H3. The van der Waals surface area contributed by atoms with E-state index in [0.717, 1.165) is 29.8 Å². The van der Waals surface area contributed by atoms with E-state index in [2.05, 4.69) is 111 Å². The normalized spacial score (nSPS) is 21.0. The highest BCUT2D eigenvalue weighted by Gasteiger charge is 2.41. The summed E-state index contributed by atoms with van der Waals surface area (Å²) < 4.78 is 21.0. The first kappa shape index (κ1) is 19.8. The maximum atomic E-state index is 6.34. The van der Waals surface area contributed by atoms with Crippen molar-refractivity contribution in [2.45, 2.75) is 65.0 Å². The summed E-state index contributed by atoms with van der Waals surface area (Å²) in [5.74, 6) is 1.76. The molecule has 2 unspecified atom stereocenters. The quantitative estimate of drug-likeness (QED) is 0.310. The van der Waals surface area contributed by atoms with Crippen LogP contribution < -0.4 is 9.47 Å². The molecule has 0 fully saturated rings. The number of fused-ring (bicyclic) bond motifs is 6. The third kappa shape index (κ3) is 3.48. The maximum Gasteiger partial charge on any atom is 0.234 e. The molecular formula is C22H24I2O3. The second-order valence-electron chi connectivity index (χ2n) is 9.29. The Morgan fingerprint density at radius 1 is 0.667 bits per heavy atom. The van der Waals surface area contributed by atoms with Gasteiger partial charge < -0.3 is 9.47 Å². The molecule has 0 amide bonds. The van der Waals surface area contributed by atoms with Crippen molar-refractivity contribution in [3.8, 4) is 11.5 Å². The molecule has 2 aliphatic heterocycles. The minimum absolute atomic E-state index is 0.0500. The van der Waals surface area contributed by atoms with Crippen LogP contribution in [0, 0.1) is 7.14 Å². The smallest absolute Gasteiger partial charge is 0.234 e. The van der Waals surface area contributed by atoms with Crippen LogP contribution in [0.25, 0.3) is 0 Å². The van der Waals surface area contributed by atoms with Crippen LogP contribution in [0.5, 0.6) is 11.5 Å². The minimum Gasteiger partial charge on any atom is -0.459 e. The molecule has 3 nitrogen and oxygen atoms in total. The summed E-state index contributed by atoms with van der Waals surface area (Å²) in [7, 11) is 0. The largest absolute Gasteiger partial charge is 0.459 e. The van der Waals surface area contributed by atoms with Gasteiger partial charge in [-0.1, -0.05) is 41.5 Å². The lowest BCUT2D eigenvalue weighted by Gasteiger charge is -2.40. The molecule has 4 rings (SSSR count). The van der Waals surface area contributed by atoms with E-state index in [9.17, 15) is 0 Å². The lowest BCUT2D eigenvalue weighted by Crippen LogP contribution is -2.32. The van der Waals surface area contributed by atoms with E-state index >= 15 is 0 Å². The molecular weight excluding hydrogens is 566 g/mol. The van der Waals surface area contributed by atoms with Gasteiger partial charge in [0, 0.05) is 0 Å². The molecule has 0 aromatic heterocycles. The van der Waals surface area contributed by atoms with Crippen molar-refractivity contribution in [3.05, 3.63) is 53.7 Å². The Morgan fingerprint density at radius 2 is 1.04 bits per heavy atom. The van der Waals surface area contributed by atoms with Gasteiger partial charge in [-0.2, -0.15) is 0 Å². The molecule has 0 N–H and O–H groups in total. The molecule has 2 aromatic carbocycles. The zero-order valence-electron chi connectivity index (χ0n) is 16.4. The minimum atomic E-state index is -0.434. The van der Waals surface area contributed by atoms with Gasteiger partial charge in [0.15, 0.2) is 0 Å². The summed E-state index contributed by atoms with van der Waals surface area (Å²) in [4.78, 5) is 0. The Kier molecular flexibility index (Phi) is 4.75. The van der Waals surface area contributed by atoms with Crippen molar-refractivity contribution in [2.75, 3.05) is 0 Å². The first-order valence-corrected chi connectivity index (χ1v) is 11.3. The molecule has 5 heteroatoms. The second kappa shape index (κ2) is 6.49. The number of hydrogen-bond acceptors (Lipinski definition) is 3. The van der Waals surface area contributed by atoms with Crippen molar-refractivity contribution in [3.63, 3.8) is 0 Å². The predicted molar refractivity (Wildman–Crippen MR) is 124 cm³/mol. The molecule has 0 aliphatic carbocycles. The van der Waals surface area contributed by atoms with E-state index in [0.29, 0.717) is 0 Å². The molecule has 2 aromatic rings. The fraction of sp³-hybridized carbons (Fsp3) is 0.455. The van der Waals surface area contributed by atoms with Crippen molar-refractivity contribution < 1.29 is 14.2 Å². The fourth-order valence-electron chi connectivity index (χ4n) is 3.35. The molecule has 0 radical (unpaired) electrons.